The van der Waals surface area contributed by atoms with Gasteiger partial charge in [0.1, 0.15) is 12.1 Å². The number of para-hydroxylation sites is 1. The molecule has 0 spiro atoms. The van der Waals surface area contributed by atoms with E-state index in [4.69, 9.17) is 4.74 Å². The lowest BCUT2D eigenvalue weighted by molar-refractivity contribution is -0.146. The van der Waals surface area contributed by atoms with Crippen LogP contribution in [0.4, 0.5) is 0 Å². The molecule has 2 atom stereocenters. The number of aromatic nitrogens is 1. The van der Waals surface area contributed by atoms with Crippen LogP contribution in [0.1, 0.15) is 84.1 Å². The number of amides is 2. The molecule has 0 aliphatic heterocycles. The minimum absolute atomic E-state index is 0.0661. The number of aromatic amines is 1. The van der Waals surface area contributed by atoms with Gasteiger partial charge < -0.3 is 20.4 Å². The summed E-state index contributed by atoms with van der Waals surface area (Å²) in [6.07, 6.45) is 12.5. The lowest BCUT2D eigenvalue weighted by atomic mass is 9.79. The number of fused-ring (bicyclic) bond motifs is 1. The van der Waals surface area contributed by atoms with Crippen molar-refractivity contribution in [3.05, 3.63) is 36.0 Å². The van der Waals surface area contributed by atoms with Crippen molar-refractivity contribution in [2.75, 3.05) is 7.11 Å². The van der Waals surface area contributed by atoms with Gasteiger partial charge in [0.15, 0.2) is 0 Å². The van der Waals surface area contributed by atoms with Crippen LogP contribution in [0.25, 0.3) is 10.9 Å². The summed E-state index contributed by atoms with van der Waals surface area (Å²) in [6, 6.07) is 6.34. The number of hydrogen-bond donors (Lipinski definition) is 3. The minimum Gasteiger partial charge on any atom is -0.467 e. The summed E-state index contributed by atoms with van der Waals surface area (Å²) in [5.74, 6) is -0.438. The Morgan fingerprint density at radius 3 is 2.43 bits per heavy atom. The van der Waals surface area contributed by atoms with E-state index in [2.05, 4.69) is 22.5 Å². The normalized spacial score (nSPS) is 19.4. The third kappa shape index (κ3) is 8.08. The second-order valence-electron chi connectivity index (χ2n) is 10.9. The summed E-state index contributed by atoms with van der Waals surface area (Å²) in [5.41, 5.74) is 1.93. The Kier molecular flexibility index (Phi) is 11.0. The van der Waals surface area contributed by atoms with Crippen molar-refractivity contribution in [2.24, 2.45) is 17.8 Å². The smallest absolute Gasteiger partial charge is 0.328 e. The third-order valence-corrected chi connectivity index (χ3v) is 7.83. The average molecular weight is 512 g/mol. The number of methoxy groups -OCH3 is 1. The van der Waals surface area contributed by atoms with E-state index in [0.717, 1.165) is 42.1 Å². The molecule has 1 aromatic carbocycles. The summed E-state index contributed by atoms with van der Waals surface area (Å²) >= 11 is 0. The number of unbranched alkanes of at least 4 members (excludes halogenated alkanes) is 3. The molecular formula is C30H45N3O4. The summed E-state index contributed by atoms with van der Waals surface area (Å²) < 4.78 is 4.90. The number of carbonyl (C=O) groups is 3. The lowest BCUT2D eigenvalue weighted by Crippen LogP contribution is -2.55. The predicted molar refractivity (Wildman–Crippen MR) is 147 cm³/mol. The molecule has 0 saturated heterocycles. The van der Waals surface area contributed by atoms with Gasteiger partial charge in [0.05, 0.1) is 7.11 Å². The lowest BCUT2D eigenvalue weighted by Gasteiger charge is -2.30. The zero-order chi connectivity index (χ0) is 26.8. The predicted octanol–water partition coefficient (Wildman–Crippen LogP) is 5.29. The fourth-order valence-corrected chi connectivity index (χ4v) is 5.47. The molecule has 0 unspecified atom stereocenters. The summed E-state index contributed by atoms with van der Waals surface area (Å²) in [7, 11) is 1.31. The molecule has 3 N–H and O–H groups in total. The van der Waals surface area contributed by atoms with Crippen LogP contribution in [-0.2, 0) is 25.5 Å². The highest BCUT2D eigenvalue weighted by atomic mass is 16.5. The van der Waals surface area contributed by atoms with Crippen molar-refractivity contribution in [3.63, 3.8) is 0 Å². The topological polar surface area (TPSA) is 100 Å². The van der Waals surface area contributed by atoms with Gasteiger partial charge in [-0.15, -0.1) is 0 Å². The molecule has 0 radical (unpaired) electrons. The summed E-state index contributed by atoms with van der Waals surface area (Å²) in [6.45, 7) is 5.94. The molecule has 7 nitrogen and oxygen atoms in total. The monoisotopic (exact) mass is 511 g/mol. The number of esters is 1. The number of carbonyl (C=O) groups excluding carboxylic acids is 3. The SMILES string of the molecule is CCCCCCC1CCC(C(=O)N[C@@H](Cc2c[nH]c3ccccc23)C(=O)N[C@H](C(=O)OC)C(C)C)CC1. The highest BCUT2D eigenvalue weighted by Gasteiger charge is 2.32. The van der Waals surface area contributed by atoms with Gasteiger partial charge in [-0.3, -0.25) is 9.59 Å². The van der Waals surface area contributed by atoms with E-state index in [0.29, 0.717) is 12.3 Å². The van der Waals surface area contributed by atoms with Crippen LogP contribution in [-0.4, -0.2) is 42.0 Å². The molecule has 0 bridgehead atoms. The third-order valence-electron chi connectivity index (χ3n) is 7.83. The van der Waals surface area contributed by atoms with E-state index < -0.39 is 18.1 Å². The zero-order valence-corrected chi connectivity index (χ0v) is 23.0. The standard InChI is InChI=1S/C30H45N3O4/c1-5-6-7-8-11-21-14-16-22(17-15-21)28(34)32-26(29(35)33-27(20(2)3)30(36)37-4)18-23-19-31-25-13-10-9-12-24(23)25/h9-10,12-13,19-22,26-27,31H,5-8,11,14-18H2,1-4H3,(H,32,34)(H,33,35)/t21?,22?,26-,27-/m0/s1. The highest BCUT2D eigenvalue weighted by molar-refractivity contribution is 5.92. The number of ether oxygens (including phenoxy) is 1. The van der Waals surface area contributed by atoms with Gasteiger partial charge in [0.25, 0.3) is 0 Å². The Balaban J connectivity index is 1.68. The van der Waals surface area contributed by atoms with Gasteiger partial charge >= 0.3 is 5.97 Å². The molecule has 1 aromatic heterocycles. The number of rotatable bonds is 13. The molecule has 2 aromatic rings. The molecule has 1 aliphatic carbocycles. The molecule has 3 rings (SSSR count). The maximum atomic E-state index is 13.4. The highest BCUT2D eigenvalue weighted by Crippen LogP contribution is 2.32. The Morgan fingerprint density at radius 2 is 1.76 bits per heavy atom. The van der Waals surface area contributed by atoms with Gasteiger partial charge in [0, 0.05) is 29.4 Å². The number of hydrogen-bond acceptors (Lipinski definition) is 4. The summed E-state index contributed by atoms with van der Waals surface area (Å²) in [5, 5.41) is 6.91. The van der Waals surface area contributed by atoms with Crippen LogP contribution in [0.5, 0.6) is 0 Å². The van der Waals surface area contributed by atoms with Crippen molar-refractivity contribution >= 4 is 28.7 Å². The molecular weight excluding hydrogens is 466 g/mol. The van der Waals surface area contributed by atoms with E-state index in [9.17, 15) is 14.4 Å². The number of H-pyrrole nitrogens is 1. The first-order valence-electron chi connectivity index (χ1n) is 14.1. The van der Waals surface area contributed by atoms with Gasteiger partial charge in [-0.05, 0) is 49.1 Å². The van der Waals surface area contributed by atoms with Crippen LogP contribution in [0, 0.1) is 17.8 Å². The Morgan fingerprint density at radius 1 is 1.03 bits per heavy atom. The number of nitrogens with one attached hydrogen (secondary N) is 3. The van der Waals surface area contributed by atoms with Gasteiger partial charge in [0.2, 0.25) is 11.8 Å². The molecule has 2 amide bonds. The number of benzene rings is 1. The largest absolute Gasteiger partial charge is 0.467 e. The van der Waals surface area contributed by atoms with E-state index in [1.54, 1.807) is 0 Å². The first-order chi connectivity index (χ1) is 17.8. The van der Waals surface area contributed by atoms with Gasteiger partial charge in [-0.1, -0.05) is 71.1 Å². The van der Waals surface area contributed by atoms with Crippen LogP contribution in [0.3, 0.4) is 0 Å². The molecule has 1 saturated carbocycles. The quantitative estimate of drug-likeness (QED) is 0.251. The van der Waals surface area contributed by atoms with Crippen LogP contribution in [0.15, 0.2) is 30.5 Å². The molecule has 1 heterocycles. The molecule has 204 valence electrons. The van der Waals surface area contributed by atoms with Crippen molar-refractivity contribution in [3.8, 4) is 0 Å². The van der Waals surface area contributed by atoms with Crippen LogP contribution >= 0.6 is 0 Å². The van der Waals surface area contributed by atoms with Crippen LogP contribution in [0.2, 0.25) is 0 Å². The fraction of sp³-hybridized carbons (Fsp3) is 0.633. The summed E-state index contributed by atoms with van der Waals surface area (Å²) in [4.78, 5) is 42.3. The van der Waals surface area contributed by atoms with E-state index in [-0.39, 0.29) is 23.7 Å². The Labute approximate surface area is 221 Å². The van der Waals surface area contributed by atoms with Crippen molar-refractivity contribution < 1.29 is 19.1 Å². The minimum atomic E-state index is -0.788. The first kappa shape index (κ1) is 28.7. The second kappa shape index (κ2) is 14.2. The van der Waals surface area contributed by atoms with Crippen molar-refractivity contribution in [2.45, 2.75) is 97.1 Å². The molecule has 37 heavy (non-hydrogen) atoms. The average Bonchev–Trinajstić information content (AvgIpc) is 3.31. The van der Waals surface area contributed by atoms with Crippen molar-refractivity contribution in [1.29, 1.82) is 0 Å². The Hall–Kier alpha value is -2.83. The zero-order valence-electron chi connectivity index (χ0n) is 23.0. The molecule has 1 fully saturated rings. The molecule has 7 heteroatoms. The van der Waals surface area contributed by atoms with Gasteiger partial charge in [-0.2, -0.15) is 0 Å². The fourth-order valence-electron chi connectivity index (χ4n) is 5.47. The van der Waals surface area contributed by atoms with E-state index in [1.165, 1.54) is 39.2 Å². The maximum Gasteiger partial charge on any atom is 0.328 e. The van der Waals surface area contributed by atoms with Crippen LogP contribution < -0.4 is 10.6 Å². The first-order valence-corrected chi connectivity index (χ1v) is 14.1. The van der Waals surface area contributed by atoms with Crippen molar-refractivity contribution in [1.82, 2.24) is 15.6 Å². The maximum absolute atomic E-state index is 13.4. The van der Waals surface area contributed by atoms with E-state index >= 15 is 0 Å². The second-order valence-corrected chi connectivity index (χ2v) is 10.9. The van der Waals surface area contributed by atoms with Gasteiger partial charge in [-0.25, -0.2) is 4.79 Å². The Bertz CT molecular complexity index is 1020. The molecule has 1 aliphatic rings. The van der Waals surface area contributed by atoms with E-state index in [1.807, 2.05) is 44.3 Å².